The number of likely N-dealkylation sites (tertiary alicyclic amines) is 1. The number of fused-ring (bicyclic) bond motifs is 4. The fourth-order valence-electron chi connectivity index (χ4n) is 6.75. The van der Waals surface area contributed by atoms with Crippen molar-refractivity contribution < 1.29 is 19.0 Å². The number of benzene rings is 3. The third kappa shape index (κ3) is 4.84. The second kappa shape index (κ2) is 10.5. The van der Waals surface area contributed by atoms with E-state index in [1.807, 2.05) is 31.3 Å². The second-order valence-corrected chi connectivity index (χ2v) is 11.9. The number of methoxy groups -OCH3 is 1. The van der Waals surface area contributed by atoms with Crippen LogP contribution in [0.1, 0.15) is 19.3 Å². The SMILES string of the molecule is COC1C[C@@H](COc2nc(N3CC4CCC(C3)N4)c3cc(Cl)c(-c4cc(O)cc5ccccc45)c(F)c3n2)N(C)C1. The molecule has 3 unspecified atom stereocenters. The number of nitrogens with one attached hydrogen (secondary N) is 1. The number of nitrogens with zero attached hydrogens (tertiary/aromatic N) is 4. The van der Waals surface area contributed by atoms with Gasteiger partial charge in [-0.3, -0.25) is 4.90 Å². The van der Waals surface area contributed by atoms with E-state index in [2.05, 4.69) is 20.1 Å². The Kier molecular flexibility index (Phi) is 6.85. The Morgan fingerprint density at radius 2 is 1.85 bits per heavy atom. The summed E-state index contributed by atoms with van der Waals surface area (Å²) in [6.45, 7) is 2.72. The Morgan fingerprint density at radius 1 is 1.07 bits per heavy atom. The van der Waals surface area contributed by atoms with Crippen LogP contribution in [0.25, 0.3) is 32.8 Å². The number of halogens is 2. The Bertz CT molecular complexity index is 1630. The molecule has 0 radical (unpaired) electrons. The van der Waals surface area contributed by atoms with Crippen molar-refractivity contribution in [3.63, 3.8) is 0 Å². The number of phenolic OH excluding ortho intramolecular Hbond substituents is 1. The van der Waals surface area contributed by atoms with E-state index in [1.165, 1.54) is 0 Å². The average molecular weight is 578 g/mol. The zero-order valence-corrected chi connectivity index (χ0v) is 23.9. The van der Waals surface area contributed by atoms with E-state index in [-0.39, 0.29) is 40.0 Å². The highest BCUT2D eigenvalue weighted by Crippen LogP contribution is 2.43. The highest BCUT2D eigenvalue weighted by Gasteiger charge is 2.35. The number of rotatable bonds is 6. The van der Waals surface area contributed by atoms with Gasteiger partial charge < -0.3 is 24.8 Å². The lowest BCUT2D eigenvalue weighted by atomic mass is 9.96. The van der Waals surface area contributed by atoms with E-state index in [1.54, 1.807) is 25.3 Å². The van der Waals surface area contributed by atoms with Gasteiger partial charge in [0.1, 0.15) is 23.7 Å². The van der Waals surface area contributed by atoms with Crippen LogP contribution in [0, 0.1) is 5.82 Å². The largest absolute Gasteiger partial charge is 0.508 e. The maximum absolute atomic E-state index is 16.7. The minimum absolute atomic E-state index is 0.0352. The van der Waals surface area contributed by atoms with E-state index >= 15 is 4.39 Å². The normalized spacial score (nSPS) is 24.5. The van der Waals surface area contributed by atoms with Crippen LogP contribution in [0.2, 0.25) is 5.02 Å². The van der Waals surface area contributed by atoms with Crippen LogP contribution in [0.15, 0.2) is 42.5 Å². The lowest BCUT2D eigenvalue weighted by molar-refractivity contribution is 0.111. The molecule has 3 aliphatic heterocycles. The molecule has 3 aliphatic rings. The number of phenols is 1. The molecule has 0 amide bonds. The molecule has 2 N–H and O–H groups in total. The monoisotopic (exact) mass is 577 g/mol. The van der Waals surface area contributed by atoms with Gasteiger partial charge in [0.15, 0.2) is 5.82 Å². The van der Waals surface area contributed by atoms with Crippen LogP contribution in [-0.2, 0) is 4.74 Å². The first kappa shape index (κ1) is 26.6. The quantitative estimate of drug-likeness (QED) is 0.332. The number of hydrogen-bond donors (Lipinski definition) is 2. The van der Waals surface area contributed by atoms with Crippen LogP contribution in [0.3, 0.4) is 0 Å². The van der Waals surface area contributed by atoms with Gasteiger partial charge >= 0.3 is 6.01 Å². The molecule has 3 aromatic carbocycles. The van der Waals surface area contributed by atoms with Crippen molar-refractivity contribution in [2.45, 2.75) is 43.5 Å². The third-order valence-corrected chi connectivity index (χ3v) is 9.16. The number of piperazine rings is 1. The lowest BCUT2D eigenvalue weighted by Gasteiger charge is -2.34. The molecular formula is C31H33ClFN5O3. The molecule has 10 heteroatoms. The zero-order chi connectivity index (χ0) is 28.2. The molecule has 4 aromatic rings. The Hall–Kier alpha value is -3.24. The van der Waals surface area contributed by atoms with E-state index in [9.17, 15) is 5.11 Å². The molecule has 0 spiro atoms. The van der Waals surface area contributed by atoms with Crippen molar-refractivity contribution in [2.24, 2.45) is 0 Å². The second-order valence-electron chi connectivity index (χ2n) is 11.5. The Balaban J connectivity index is 1.35. The summed E-state index contributed by atoms with van der Waals surface area (Å²) in [7, 11) is 3.77. The highest BCUT2D eigenvalue weighted by atomic mass is 35.5. The number of hydrogen-bond acceptors (Lipinski definition) is 8. The summed E-state index contributed by atoms with van der Waals surface area (Å²) >= 11 is 6.85. The van der Waals surface area contributed by atoms with Gasteiger partial charge in [-0.2, -0.15) is 9.97 Å². The van der Waals surface area contributed by atoms with Crippen molar-refractivity contribution >= 4 is 39.1 Å². The maximum Gasteiger partial charge on any atom is 0.319 e. The van der Waals surface area contributed by atoms with Gasteiger partial charge in [0.05, 0.1) is 11.1 Å². The van der Waals surface area contributed by atoms with Crippen molar-refractivity contribution in [3.05, 3.63) is 53.3 Å². The summed E-state index contributed by atoms with van der Waals surface area (Å²) in [6.07, 6.45) is 3.20. The molecule has 41 heavy (non-hydrogen) atoms. The molecule has 214 valence electrons. The fourth-order valence-corrected chi connectivity index (χ4v) is 7.04. The first-order valence-electron chi connectivity index (χ1n) is 14.2. The predicted molar refractivity (Wildman–Crippen MR) is 159 cm³/mol. The van der Waals surface area contributed by atoms with Gasteiger partial charge in [-0.25, -0.2) is 4.39 Å². The molecule has 3 fully saturated rings. The molecular weight excluding hydrogens is 545 g/mol. The van der Waals surface area contributed by atoms with Gasteiger partial charge in [0, 0.05) is 55.8 Å². The zero-order valence-electron chi connectivity index (χ0n) is 23.1. The number of aromatic hydroxyl groups is 1. The van der Waals surface area contributed by atoms with Crippen molar-refractivity contribution in [1.82, 2.24) is 20.2 Å². The first-order chi connectivity index (χ1) is 19.9. The molecule has 1 aromatic heterocycles. The molecule has 0 saturated carbocycles. The molecule has 4 heterocycles. The maximum atomic E-state index is 16.7. The van der Waals surface area contributed by atoms with E-state index < -0.39 is 5.82 Å². The minimum Gasteiger partial charge on any atom is -0.508 e. The van der Waals surface area contributed by atoms with Gasteiger partial charge in [-0.05, 0) is 60.8 Å². The van der Waals surface area contributed by atoms with Gasteiger partial charge in [0.25, 0.3) is 0 Å². The summed E-state index contributed by atoms with van der Waals surface area (Å²) in [4.78, 5) is 13.9. The van der Waals surface area contributed by atoms with Crippen LogP contribution < -0.4 is 15.0 Å². The van der Waals surface area contributed by atoms with Crippen molar-refractivity contribution in [2.75, 3.05) is 45.3 Å². The molecule has 3 saturated heterocycles. The molecule has 4 atom stereocenters. The Labute approximate surface area is 243 Å². The lowest BCUT2D eigenvalue weighted by Crippen LogP contribution is -2.51. The standard InChI is InChI=1S/C31H33ClFN5O3/c1-37-15-22(40-2)10-20(37)16-41-31-35-29-25(30(36-31)38-13-18-7-8-19(14-38)34-18)12-26(32)27(28(29)33)24-11-21(39)9-17-5-3-4-6-23(17)24/h3-6,9,11-12,18-20,22,34,39H,7-8,10,13-16H2,1-2H3/t18?,19?,20-,22?/m0/s1. The topological polar surface area (TPSA) is 83.0 Å². The van der Waals surface area contributed by atoms with Gasteiger partial charge in [-0.1, -0.05) is 35.9 Å². The fraction of sp³-hybridized carbons (Fsp3) is 0.419. The van der Waals surface area contributed by atoms with Crippen LogP contribution >= 0.6 is 11.6 Å². The van der Waals surface area contributed by atoms with E-state index in [4.69, 9.17) is 26.1 Å². The predicted octanol–water partition coefficient (Wildman–Crippen LogP) is 4.99. The highest BCUT2D eigenvalue weighted by molar-refractivity contribution is 6.35. The number of likely N-dealkylation sites (N-methyl/N-ethyl adjacent to an activating group) is 1. The molecule has 8 nitrogen and oxygen atoms in total. The summed E-state index contributed by atoms with van der Waals surface area (Å²) in [6, 6.07) is 13.5. The third-order valence-electron chi connectivity index (χ3n) is 8.86. The summed E-state index contributed by atoms with van der Waals surface area (Å²) in [5, 5.41) is 16.5. The summed E-state index contributed by atoms with van der Waals surface area (Å²) in [5.74, 6) is 0.103. The molecule has 0 aliphatic carbocycles. The number of aromatic nitrogens is 2. The average Bonchev–Trinajstić information content (AvgIpc) is 3.51. The van der Waals surface area contributed by atoms with Crippen LogP contribution in [0.5, 0.6) is 11.8 Å². The first-order valence-corrected chi connectivity index (χ1v) is 14.5. The van der Waals surface area contributed by atoms with E-state index in [0.717, 1.165) is 49.7 Å². The number of anilines is 1. The summed E-state index contributed by atoms with van der Waals surface area (Å²) in [5.41, 5.74) is 0.851. The smallest absolute Gasteiger partial charge is 0.319 e. The summed E-state index contributed by atoms with van der Waals surface area (Å²) < 4.78 is 28.4. The molecule has 2 bridgehead atoms. The van der Waals surface area contributed by atoms with E-state index in [0.29, 0.717) is 35.5 Å². The molecule has 7 rings (SSSR count). The number of ether oxygens (including phenoxy) is 2. The Morgan fingerprint density at radius 3 is 2.61 bits per heavy atom. The minimum atomic E-state index is -0.563. The van der Waals surface area contributed by atoms with Crippen molar-refractivity contribution in [1.29, 1.82) is 0 Å². The van der Waals surface area contributed by atoms with Crippen LogP contribution in [-0.4, -0.2) is 84.6 Å². The van der Waals surface area contributed by atoms with Crippen LogP contribution in [0.4, 0.5) is 10.2 Å². The van der Waals surface area contributed by atoms with Gasteiger partial charge in [-0.15, -0.1) is 0 Å². The van der Waals surface area contributed by atoms with Crippen molar-refractivity contribution in [3.8, 4) is 22.9 Å². The van der Waals surface area contributed by atoms with Gasteiger partial charge in [0.2, 0.25) is 0 Å².